The molecule has 0 aliphatic heterocycles. The van der Waals surface area contributed by atoms with Gasteiger partial charge in [-0.2, -0.15) is 0 Å². The van der Waals surface area contributed by atoms with E-state index >= 15 is 0 Å². The van der Waals surface area contributed by atoms with Gasteiger partial charge in [0.05, 0.1) is 6.61 Å². The number of hydrogen-bond acceptors (Lipinski definition) is 2. The normalized spacial score (nSPS) is 16.0. The minimum Gasteiger partial charge on any atom is -0.274 e. The van der Waals surface area contributed by atoms with Gasteiger partial charge in [-0.15, -0.1) is 0 Å². The number of carbonyl (C=O) groups is 1. The second-order valence-corrected chi connectivity index (χ2v) is 3.30. The van der Waals surface area contributed by atoms with Crippen molar-refractivity contribution >= 4 is 5.91 Å². The number of carbonyl (C=O) groups excluding carboxylic acids is 1. The molecule has 0 spiro atoms. The van der Waals surface area contributed by atoms with Crippen molar-refractivity contribution in [2.75, 3.05) is 6.61 Å². The summed E-state index contributed by atoms with van der Waals surface area (Å²) in [6.07, 6.45) is 4.58. The van der Waals surface area contributed by atoms with Gasteiger partial charge < -0.3 is 0 Å². The summed E-state index contributed by atoms with van der Waals surface area (Å²) in [7, 11) is 0. The number of nitrogens with one attached hydrogen (secondary N) is 1. The molecule has 1 rings (SSSR count). The van der Waals surface area contributed by atoms with E-state index in [0.717, 1.165) is 18.4 Å². The van der Waals surface area contributed by atoms with Crippen LogP contribution >= 0.6 is 0 Å². The zero-order valence-electron chi connectivity index (χ0n) is 8.35. The van der Waals surface area contributed by atoms with E-state index in [9.17, 15) is 4.79 Å². The first-order valence-electron chi connectivity index (χ1n) is 4.86. The molecule has 74 valence electrons. The fourth-order valence-electron chi connectivity index (χ4n) is 1.55. The first kappa shape index (κ1) is 10.3. The van der Waals surface area contributed by atoms with Crippen molar-refractivity contribution < 1.29 is 9.63 Å². The Hall–Kier alpha value is -0.830. The molecule has 13 heavy (non-hydrogen) atoms. The van der Waals surface area contributed by atoms with Crippen LogP contribution in [0.3, 0.4) is 0 Å². The van der Waals surface area contributed by atoms with Crippen molar-refractivity contribution in [1.82, 2.24) is 5.48 Å². The molecule has 0 aromatic carbocycles. The van der Waals surface area contributed by atoms with E-state index in [1.54, 1.807) is 0 Å². The number of rotatable bonds is 3. The Kier molecular flexibility index (Phi) is 3.96. The van der Waals surface area contributed by atoms with Crippen molar-refractivity contribution in [2.45, 2.75) is 39.5 Å². The molecule has 1 amide bonds. The summed E-state index contributed by atoms with van der Waals surface area (Å²) in [4.78, 5) is 16.2. The Morgan fingerprint density at radius 2 is 2.08 bits per heavy atom. The summed E-state index contributed by atoms with van der Waals surface area (Å²) in [6.45, 7) is 4.22. The van der Waals surface area contributed by atoms with Gasteiger partial charge in [-0.1, -0.05) is 5.57 Å². The van der Waals surface area contributed by atoms with Crippen LogP contribution in [0.15, 0.2) is 11.1 Å². The summed E-state index contributed by atoms with van der Waals surface area (Å²) in [5.74, 6) is -0.0845. The Bertz CT molecular complexity index is 213. The maximum absolute atomic E-state index is 11.4. The van der Waals surface area contributed by atoms with Gasteiger partial charge in [0.2, 0.25) is 0 Å². The molecule has 0 saturated heterocycles. The van der Waals surface area contributed by atoms with E-state index in [2.05, 4.69) is 5.48 Å². The second-order valence-electron chi connectivity index (χ2n) is 3.30. The molecule has 1 N–H and O–H groups in total. The lowest BCUT2D eigenvalue weighted by Crippen LogP contribution is -2.24. The fourth-order valence-corrected chi connectivity index (χ4v) is 1.55. The van der Waals surface area contributed by atoms with Crippen LogP contribution in [0.5, 0.6) is 0 Å². The summed E-state index contributed by atoms with van der Waals surface area (Å²) in [6, 6.07) is 0. The standard InChI is InChI=1S/C10H17NO2/c1-3-13-11-10(12)8(2)9-6-4-5-7-9/h3-7H2,1-2H3,(H,11,12). The predicted molar refractivity (Wildman–Crippen MR) is 50.9 cm³/mol. The van der Waals surface area contributed by atoms with Crippen LogP contribution in [0.1, 0.15) is 39.5 Å². The van der Waals surface area contributed by atoms with Crippen molar-refractivity contribution in [3.8, 4) is 0 Å². The van der Waals surface area contributed by atoms with Crippen LogP contribution in [-0.2, 0) is 9.63 Å². The summed E-state index contributed by atoms with van der Waals surface area (Å²) >= 11 is 0. The van der Waals surface area contributed by atoms with Gasteiger partial charge in [-0.3, -0.25) is 9.63 Å². The van der Waals surface area contributed by atoms with Crippen LogP contribution in [0, 0.1) is 0 Å². The fraction of sp³-hybridized carbons (Fsp3) is 0.700. The molecule has 0 bridgehead atoms. The van der Waals surface area contributed by atoms with Crippen LogP contribution in [0.2, 0.25) is 0 Å². The lowest BCUT2D eigenvalue weighted by Gasteiger charge is -2.06. The zero-order valence-corrected chi connectivity index (χ0v) is 8.35. The second kappa shape index (κ2) is 5.02. The molecule has 3 heteroatoms. The van der Waals surface area contributed by atoms with E-state index in [1.807, 2.05) is 13.8 Å². The quantitative estimate of drug-likeness (QED) is 0.536. The minimum atomic E-state index is -0.0845. The minimum absolute atomic E-state index is 0.0845. The molecule has 0 heterocycles. The molecule has 1 aliphatic rings. The van der Waals surface area contributed by atoms with Crippen LogP contribution in [-0.4, -0.2) is 12.5 Å². The highest BCUT2D eigenvalue weighted by Gasteiger charge is 2.14. The van der Waals surface area contributed by atoms with Crippen molar-refractivity contribution in [1.29, 1.82) is 0 Å². The third-order valence-corrected chi connectivity index (χ3v) is 2.39. The van der Waals surface area contributed by atoms with Gasteiger partial charge in [0.15, 0.2) is 0 Å². The Labute approximate surface area is 79.1 Å². The average Bonchev–Trinajstić information content (AvgIpc) is 2.65. The molecular weight excluding hydrogens is 166 g/mol. The van der Waals surface area contributed by atoms with Crippen LogP contribution in [0.25, 0.3) is 0 Å². The topological polar surface area (TPSA) is 38.3 Å². The molecular formula is C10H17NO2. The molecule has 1 fully saturated rings. The van der Waals surface area contributed by atoms with E-state index < -0.39 is 0 Å². The smallest absolute Gasteiger partial charge is 0.270 e. The third-order valence-electron chi connectivity index (χ3n) is 2.39. The van der Waals surface area contributed by atoms with Gasteiger partial charge >= 0.3 is 0 Å². The largest absolute Gasteiger partial charge is 0.274 e. The predicted octanol–water partition coefficient (Wildman–Crippen LogP) is 1.94. The molecule has 3 nitrogen and oxygen atoms in total. The van der Waals surface area contributed by atoms with Crippen molar-refractivity contribution in [2.24, 2.45) is 0 Å². The molecule has 0 unspecified atom stereocenters. The van der Waals surface area contributed by atoms with E-state index in [-0.39, 0.29) is 5.91 Å². The molecule has 1 aliphatic carbocycles. The van der Waals surface area contributed by atoms with Crippen molar-refractivity contribution in [3.63, 3.8) is 0 Å². The Balaban J connectivity index is 2.49. The first-order valence-corrected chi connectivity index (χ1v) is 4.86. The molecule has 0 aromatic heterocycles. The van der Waals surface area contributed by atoms with Crippen molar-refractivity contribution in [3.05, 3.63) is 11.1 Å². The monoisotopic (exact) mass is 183 g/mol. The SMILES string of the molecule is CCONC(=O)C(C)=C1CCCC1. The summed E-state index contributed by atoms with van der Waals surface area (Å²) in [5.41, 5.74) is 4.54. The third kappa shape index (κ3) is 2.84. The number of hydrogen-bond donors (Lipinski definition) is 1. The zero-order chi connectivity index (χ0) is 9.68. The van der Waals surface area contributed by atoms with Gasteiger partial charge in [-0.05, 0) is 39.5 Å². The highest BCUT2D eigenvalue weighted by Crippen LogP contribution is 2.26. The van der Waals surface area contributed by atoms with E-state index in [4.69, 9.17) is 4.84 Å². The van der Waals surface area contributed by atoms with Gasteiger partial charge in [-0.25, -0.2) is 5.48 Å². The van der Waals surface area contributed by atoms with E-state index in [0.29, 0.717) is 6.61 Å². The lowest BCUT2D eigenvalue weighted by atomic mass is 10.1. The van der Waals surface area contributed by atoms with E-state index in [1.165, 1.54) is 18.4 Å². The van der Waals surface area contributed by atoms with Gasteiger partial charge in [0.1, 0.15) is 0 Å². The lowest BCUT2D eigenvalue weighted by molar-refractivity contribution is -0.129. The summed E-state index contributed by atoms with van der Waals surface area (Å²) in [5, 5.41) is 0. The van der Waals surface area contributed by atoms with Gasteiger partial charge in [0.25, 0.3) is 5.91 Å². The summed E-state index contributed by atoms with van der Waals surface area (Å²) < 4.78 is 0. The Morgan fingerprint density at radius 1 is 1.46 bits per heavy atom. The average molecular weight is 183 g/mol. The maximum Gasteiger partial charge on any atom is 0.270 e. The highest BCUT2D eigenvalue weighted by atomic mass is 16.6. The molecule has 0 radical (unpaired) electrons. The molecule has 1 saturated carbocycles. The Morgan fingerprint density at radius 3 is 2.62 bits per heavy atom. The molecule has 0 aromatic rings. The van der Waals surface area contributed by atoms with Crippen LogP contribution < -0.4 is 5.48 Å². The number of hydroxylamine groups is 1. The van der Waals surface area contributed by atoms with Gasteiger partial charge in [0, 0.05) is 5.57 Å². The maximum atomic E-state index is 11.4. The molecule has 0 atom stereocenters. The first-order chi connectivity index (χ1) is 6.25. The number of allylic oxidation sites excluding steroid dienone is 1. The number of amides is 1. The van der Waals surface area contributed by atoms with Crippen LogP contribution in [0.4, 0.5) is 0 Å². The highest BCUT2D eigenvalue weighted by molar-refractivity contribution is 5.92.